The maximum absolute atomic E-state index is 14.0. The van der Waals surface area contributed by atoms with E-state index in [-0.39, 0.29) is 18.8 Å². The van der Waals surface area contributed by atoms with Gasteiger partial charge in [-0.25, -0.2) is 13.6 Å². The molecule has 0 unspecified atom stereocenters. The van der Waals surface area contributed by atoms with Gasteiger partial charge in [0.1, 0.15) is 23.8 Å². The van der Waals surface area contributed by atoms with Crippen LogP contribution in [0.4, 0.5) is 13.6 Å². The van der Waals surface area contributed by atoms with E-state index in [0.717, 1.165) is 11.6 Å². The van der Waals surface area contributed by atoms with Crippen LogP contribution in [0.5, 0.6) is 0 Å². The summed E-state index contributed by atoms with van der Waals surface area (Å²) in [7, 11) is 0. The molecule has 4 nitrogen and oxygen atoms in total. The third-order valence-electron chi connectivity index (χ3n) is 4.09. The summed E-state index contributed by atoms with van der Waals surface area (Å²) in [5.74, 6) is -1.35. The summed E-state index contributed by atoms with van der Waals surface area (Å²) in [5, 5.41) is 2.65. The van der Waals surface area contributed by atoms with Crippen LogP contribution in [0.2, 0.25) is 0 Å². The molecule has 1 fully saturated rings. The normalized spacial score (nSPS) is 20.3. The summed E-state index contributed by atoms with van der Waals surface area (Å²) < 4.78 is 37.6. The molecule has 1 N–H and O–H groups in total. The average molecular weight is 333 g/mol. The van der Waals surface area contributed by atoms with Crippen LogP contribution < -0.4 is 5.32 Å². The maximum Gasteiger partial charge on any atom is 0.407 e. The molecule has 24 heavy (non-hydrogen) atoms. The van der Waals surface area contributed by atoms with Crippen LogP contribution in [0, 0.1) is 11.6 Å². The molecule has 1 aliphatic heterocycles. The van der Waals surface area contributed by atoms with Gasteiger partial charge in [0.15, 0.2) is 0 Å². The lowest BCUT2D eigenvalue weighted by atomic mass is 9.92. The molecule has 126 valence electrons. The first-order chi connectivity index (χ1) is 11.5. The highest BCUT2D eigenvalue weighted by molar-refractivity contribution is 5.68. The second-order valence-corrected chi connectivity index (χ2v) is 5.73. The monoisotopic (exact) mass is 333 g/mol. The summed E-state index contributed by atoms with van der Waals surface area (Å²) >= 11 is 0. The van der Waals surface area contributed by atoms with Crippen molar-refractivity contribution in [1.29, 1.82) is 0 Å². The smallest absolute Gasteiger partial charge is 0.407 e. The van der Waals surface area contributed by atoms with Gasteiger partial charge in [0.05, 0.1) is 12.6 Å². The van der Waals surface area contributed by atoms with Crippen LogP contribution in [0.1, 0.15) is 18.1 Å². The first-order valence-corrected chi connectivity index (χ1v) is 7.58. The van der Waals surface area contributed by atoms with Gasteiger partial charge >= 0.3 is 6.09 Å². The first-order valence-electron chi connectivity index (χ1n) is 7.58. The number of epoxide rings is 1. The molecule has 0 aliphatic carbocycles. The van der Waals surface area contributed by atoms with E-state index in [4.69, 9.17) is 9.47 Å². The molecule has 0 saturated carbocycles. The molecule has 0 bridgehead atoms. The number of rotatable bonds is 5. The number of nitrogens with one attached hydrogen (secondary N) is 1. The van der Waals surface area contributed by atoms with Gasteiger partial charge in [0.2, 0.25) is 0 Å². The highest BCUT2D eigenvalue weighted by Gasteiger charge is 2.53. The first kappa shape index (κ1) is 16.4. The molecule has 0 aromatic heterocycles. The topological polar surface area (TPSA) is 50.9 Å². The summed E-state index contributed by atoms with van der Waals surface area (Å²) in [4.78, 5) is 11.9. The Kier molecular flexibility index (Phi) is 4.49. The van der Waals surface area contributed by atoms with Gasteiger partial charge in [-0.05, 0) is 18.6 Å². The largest absolute Gasteiger partial charge is 0.445 e. The van der Waals surface area contributed by atoms with Crippen molar-refractivity contribution in [3.05, 3.63) is 71.3 Å². The van der Waals surface area contributed by atoms with Crippen LogP contribution >= 0.6 is 0 Å². The zero-order chi connectivity index (χ0) is 17.2. The van der Waals surface area contributed by atoms with Gasteiger partial charge in [0.25, 0.3) is 0 Å². The summed E-state index contributed by atoms with van der Waals surface area (Å²) in [5.41, 5.74) is 0.103. The van der Waals surface area contributed by atoms with Crippen LogP contribution in [0.15, 0.2) is 48.5 Å². The van der Waals surface area contributed by atoms with E-state index in [9.17, 15) is 13.6 Å². The van der Waals surface area contributed by atoms with Crippen LogP contribution in [0.25, 0.3) is 0 Å². The Labute approximate surface area is 138 Å². The average Bonchev–Trinajstić information content (AvgIpc) is 3.35. The number of benzene rings is 2. The molecule has 3 rings (SSSR count). The molecule has 2 aromatic carbocycles. The van der Waals surface area contributed by atoms with E-state index in [1.807, 2.05) is 30.3 Å². The number of hydrogen-bond donors (Lipinski definition) is 1. The SMILES string of the molecule is C[C@H](NC(=O)OCc1ccccc1)[C@]1(c2ccc(F)cc2F)CO1. The van der Waals surface area contributed by atoms with Crippen molar-refractivity contribution in [1.82, 2.24) is 5.32 Å². The fourth-order valence-electron chi connectivity index (χ4n) is 2.61. The van der Waals surface area contributed by atoms with E-state index < -0.39 is 29.4 Å². The Morgan fingerprint density at radius 2 is 2.00 bits per heavy atom. The van der Waals surface area contributed by atoms with Gasteiger partial charge in [0, 0.05) is 11.6 Å². The Morgan fingerprint density at radius 3 is 2.62 bits per heavy atom. The van der Waals surface area contributed by atoms with Gasteiger partial charge < -0.3 is 14.8 Å². The van der Waals surface area contributed by atoms with Gasteiger partial charge in [-0.2, -0.15) is 0 Å². The van der Waals surface area contributed by atoms with Crippen LogP contribution in [0.3, 0.4) is 0 Å². The summed E-state index contributed by atoms with van der Waals surface area (Å²) in [6.45, 7) is 2.08. The molecule has 2 atom stereocenters. The molecular formula is C18H17F2NO3. The third kappa shape index (κ3) is 3.38. The third-order valence-corrected chi connectivity index (χ3v) is 4.09. The van der Waals surface area contributed by atoms with Crippen molar-refractivity contribution in [2.24, 2.45) is 0 Å². The fraction of sp³-hybridized carbons (Fsp3) is 0.278. The minimum absolute atomic E-state index is 0.137. The van der Waals surface area contributed by atoms with Crippen LogP contribution in [-0.4, -0.2) is 18.7 Å². The lowest BCUT2D eigenvalue weighted by Gasteiger charge is -2.22. The molecule has 1 saturated heterocycles. The predicted molar refractivity (Wildman–Crippen MR) is 83.2 cm³/mol. The number of carbonyl (C=O) groups is 1. The molecule has 2 aromatic rings. The second-order valence-electron chi connectivity index (χ2n) is 5.73. The summed E-state index contributed by atoms with van der Waals surface area (Å²) in [6.07, 6.45) is -0.622. The Morgan fingerprint density at radius 1 is 1.29 bits per heavy atom. The van der Waals surface area contributed by atoms with E-state index in [2.05, 4.69) is 5.32 Å². The number of amides is 1. The Hall–Kier alpha value is -2.47. The fourth-order valence-corrected chi connectivity index (χ4v) is 2.61. The number of carbonyl (C=O) groups excluding carboxylic acids is 1. The number of hydrogen-bond acceptors (Lipinski definition) is 3. The number of halogens is 2. The molecule has 1 aliphatic rings. The molecule has 6 heteroatoms. The predicted octanol–water partition coefficient (Wildman–Crippen LogP) is 3.51. The van der Waals surface area contributed by atoms with E-state index in [1.54, 1.807) is 6.92 Å². The lowest BCUT2D eigenvalue weighted by molar-refractivity contribution is 0.128. The standard InChI is InChI=1S/C18H17F2NO3/c1-12(21-17(22)23-10-13-5-3-2-4-6-13)18(11-24-18)15-8-7-14(19)9-16(15)20/h2-9,12H,10-11H2,1H3,(H,21,22)/t12-,18-/m0/s1. The lowest BCUT2D eigenvalue weighted by Crippen LogP contribution is -2.42. The highest BCUT2D eigenvalue weighted by Crippen LogP contribution is 2.43. The highest BCUT2D eigenvalue weighted by atomic mass is 19.1. The Balaban J connectivity index is 1.61. The second kappa shape index (κ2) is 6.57. The quantitative estimate of drug-likeness (QED) is 0.852. The van der Waals surface area contributed by atoms with Crippen molar-refractivity contribution >= 4 is 6.09 Å². The van der Waals surface area contributed by atoms with E-state index in [0.29, 0.717) is 0 Å². The molecular weight excluding hydrogens is 316 g/mol. The van der Waals surface area contributed by atoms with E-state index >= 15 is 0 Å². The molecule has 0 radical (unpaired) electrons. The van der Waals surface area contributed by atoms with Gasteiger partial charge in [-0.15, -0.1) is 0 Å². The van der Waals surface area contributed by atoms with E-state index in [1.165, 1.54) is 12.1 Å². The zero-order valence-corrected chi connectivity index (χ0v) is 13.1. The summed E-state index contributed by atoms with van der Waals surface area (Å²) in [6, 6.07) is 12.0. The van der Waals surface area contributed by atoms with Gasteiger partial charge in [-0.1, -0.05) is 36.4 Å². The number of ether oxygens (including phenoxy) is 2. The molecule has 1 amide bonds. The molecule has 1 heterocycles. The van der Waals surface area contributed by atoms with Crippen molar-refractivity contribution < 1.29 is 23.0 Å². The van der Waals surface area contributed by atoms with Crippen molar-refractivity contribution in [2.75, 3.05) is 6.61 Å². The molecule has 0 spiro atoms. The minimum atomic E-state index is -0.983. The van der Waals surface area contributed by atoms with Crippen molar-refractivity contribution in [3.63, 3.8) is 0 Å². The van der Waals surface area contributed by atoms with Crippen LogP contribution in [-0.2, 0) is 21.7 Å². The zero-order valence-electron chi connectivity index (χ0n) is 13.1. The minimum Gasteiger partial charge on any atom is -0.445 e. The van der Waals surface area contributed by atoms with Crippen molar-refractivity contribution in [3.8, 4) is 0 Å². The Bertz CT molecular complexity index is 732. The van der Waals surface area contributed by atoms with Gasteiger partial charge in [-0.3, -0.25) is 0 Å². The van der Waals surface area contributed by atoms with Crippen molar-refractivity contribution in [2.45, 2.75) is 25.2 Å². The maximum atomic E-state index is 14.0. The number of alkyl carbamates (subject to hydrolysis) is 1.